The van der Waals surface area contributed by atoms with Crippen molar-refractivity contribution in [1.82, 2.24) is 0 Å². The largest absolute Gasteiger partial charge is 0.378 e. The van der Waals surface area contributed by atoms with Crippen molar-refractivity contribution in [3.05, 3.63) is 60.2 Å². The number of rotatable bonds is 4. The molecular weight excluding hydrogens is 290 g/mol. The van der Waals surface area contributed by atoms with E-state index in [0.29, 0.717) is 13.2 Å². The zero-order valence-corrected chi connectivity index (χ0v) is 12.9. The van der Waals surface area contributed by atoms with Crippen molar-refractivity contribution < 1.29 is 9.53 Å². The highest BCUT2D eigenvalue weighted by atomic mass is 16.5. The molecule has 1 aliphatic heterocycles. The van der Waals surface area contributed by atoms with Crippen LogP contribution in [0.25, 0.3) is 0 Å². The van der Waals surface area contributed by atoms with E-state index < -0.39 is 6.04 Å². The van der Waals surface area contributed by atoms with E-state index >= 15 is 0 Å². The summed E-state index contributed by atoms with van der Waals surface area (Å²) < 4.78 is 5.39. The molecule has 0 radical (unpaired) electrons. The van der Waals surface area contributed by atoms with Crippen LogP contribution in [0.5, 0.6) is 0 Å². The van der Waals surface area contributed by atoms with Gasteiger partial charge in [-0.2, -0.15) is 0 Å². The van der Waals surface area contributed by atoms with Crippen LogP contribution in [0.4, 0.5) is 11.4 Å². The van der Waals surface area contributed by atoms with Gasteiger partial charge in [-0.3, -0.25) is 4.79 Å². The highest BCUT2D eigenvalue weighted by Gasteiger charge is 2.19. The third-order valence-corrected chi connectivity index (χ3v) is 3.95. The Labute approximate surface area is 136 Å². The molecule has 3 N–H and O–H groups in total. The lowest BCUT2D eigenvalue weighted by atomic mass is 10.1. The number of para-hydroxylation sites is 2. The summed E-state index contributed by atoms with van der Waals surface area (Å²) in [6, 6.07) is 16.5. The summed E-state index contributed by atoms with van der Waals surface area (Å²) in [4.78, 5) is 14.7. The van der Waals surface area contributed by atoms with Gasteiger partial charge in [0.1, 0.15) is 6.04 Å². The molecule has 1 aliphatic rings. The third kappa shape index (κ3) is 3.70. The van der Waals surface area contributed by atoms with E-state index in [9.17, 15) is 4.79 Å². The van der Waals surface area contributed by atoms with Crippen LogP contribution in [0, 0.1) is 0 Å². The van der Waals surface area contributed by atoms with Gasteiger partial charge in [-0.25, -0.2) is 0 Å². The van der Waals surface area contributed by atoms with Gasteiger partial charge in [0.05, 0.1) is 24.6 Å². The van der Waals surface area contributed by atoms with Crippen molar-refractivity contribution in [2.75, 3.05) is 36.5 Å². The Morgan fingerprint density at radius 2 is 1.70 bits per heavy atom. The summed E-state index contributed by atoms with van der Waals surface area (Å²) in [6.45, 7) is 3.03. The maximum absolute atomic E-state index is 12.5. The number of hydrogen-bond acceptors (Lipinski definition) is 4. The smallest absolute Gasteiger partial charge is 0.245 e. The minimum absolute atomic E-state index is 0.211. The molecule has 2 aromatic carbocycles. The molecule has 0 aromatic heterocycles. The van der Waals surface area contributed by atoms with E-state index in [1.54, 1.807) is 0 Å². The van der Waals surface area contributed by atoms with Gasteiger partial charge in [0.2, 0.25) is 5.91 Å². The number of ether oxygens (including phenoxy) is 1. The molecule has 0 bridgehead atoms. The summed E-state index contributed by atoms with van der Waals surface area (Å²) in [7, 11) is 0. The highest BCUT2D eigenvalue weighted by Crippen LogP contribution is 2.27. The molecule has 23 heavy (non-hydrogen) atoms. The first kappa shape index (κ1) is 15.5. The third-order valence-electron chi connectivity index (χ3n) is 3.95. The van der Waals surface area contributed by atoms with Crippen LogP contribution in [0.3, 0.4) is 0 Å². The fourth-order valence-electron chi connectivity index (χ4n) is 2.68. The molecule has 1 atom stereocenters. The van der Waals surface area contributed by atoms with Gasteiger partial charge in [-0.1, -0.05) is 42.5 Å². The molecule has 1 amide bonds. The molecule has 5 heteroatoms. The van der Waals surface area contributed by atoms with E-state index in [1.165, 1.54) is 0 Å². The van der Waals surface area contributed by atoms with Crippen LogP contribution in [0.2, 0.25) is 0 Å². The number of nitrogens with one attached hydrogen (secondary N) is 1. The highest BCUT2D eigenvalue weighted by molar-refractivity contribution is 5.98. The molecule has 3 rings (SSSR count). The minimum Gasteiger partial charge on any atom is -0.378 e. The van der Waals surface area contributed by atoms with Gasteiger partial charge < -0.3 is 20.7 Å². The fourth-order valence-corrected chi connectivity index (χ4v) is 2.68. The Hall–Kier alpha value is -2.37. The number of benzene rings is 2. The molecule has 0 spiro atoms. The van der Waals surface area contributed by atoms with Crippen LogP contribution in [0.1, 0.15) is 11.6 Å². The van der Waals surface area contributed by atoms with Gasteiger partial charge >= 0.3 is 0 Å². The van der Waals surface area contributed by atoms with Gasteiger partial charge in [-0.05, 0) is 17.7 Å². The first-order chi connectivity index (χ1) is 11.3. The molecule has 0 aliphatic carbocycles. The van der Waals surface area contributed by atoms with Crippen molar-refractivity contribution >= 4 is 17.3 Å². The number of morpholine rings is 1. The van der Waals surface area contributed by atoms with E-state index in [0.717, 1.165) is 30.0 Å². The van der Waals surface area contributed by atoms with Crippen molar-refractivity contribution in [2.45, 2.75) is 6.04 Å². The maximum Gasteiger partial charge on any atom is 0.245 e. The Morgan fingerprint density at radius 1 is 1.04 bits per heavy atom. The first-order valence-electron chi connectivity index (χ1n) is 7.79. The molecule has 0 unspecified atom stereocenters. The number of nitrogens with zero attached hydrogens (tertiary/aromatic N) is 1. The van der Waals surface area contributed by atoms with Gasteiger partial charge in [0, 0.05) is 13.1 Å². The predicted molar refractivity (Wildman–Crippen MR) is 91.5 cm³/mol. The molecule has 1 fully saturated rings. The number of amides is 1. The Kier molecular flexibility index (Phi) is 4.90. The Bertz CT molecular complexity index is 654. The summed E-state index contributed by atoms with van der Waals surface area (Å²) in [5.74, 6) is -0.211. The van der Waals surface area contributed by atoms with Gasteiger partial charge in [0.25, 0.3) is 0 Å². The number of anilines is 2. The SMILES string of the molecule is N[C@H](C(=O)Nc1ccccc1N1CCOCC1)c1ccccc1. The number of hydrogen-bond donors (Lipinski definition) is 2. The van der Waals surface area contributed by atoms with Crippen molar-refractivity contribution in [2.24, 2.45) is 5.73 Å². The lowest BCUT2D eigenvalue weighted by molar-refractivity contribution is -0.117. The van der Waals surface area contributed by atoms with Crippen molar-refractivity contribution in [3.63, 3.8) is 0 Å². The quantitative estimate of drug-likeness (QED) is 0.908. The van der Waals surface area contributed by atoms with E-state index in [-0.39, 0.29) is 5.91 Å². The zero-order valence-electron chi connectivity index (χ0n) is 12.9. The van der Waals surface area contributed by atoms with Gasteiger partial charge in [0.15, 0.2) is 0 Å². The fraction of sp³-hybridized carbons (Fsp3) is 0.278. The topological polar surface area (TPSA) is 67.6 Å². The summed E-state index contributed by atoms with van der Waals surface area (Å²) in [5, 5.41) is 2.96. The number of nitrogens with two attached hydrogens (primary N) is 1. The molecule has 120 valence electrons. The summed E-state index contributed by atoms with van der Waals surface area (Å²) >= 11 is 0. The zero-order chi connectivity index (χ0) is 16.1. The second-order valence-electron chi connectivity index (χ2n) is 5.49. The van der Waals surface area contributed by atoms with E-state index in [1.807, 2.05) is 54.6 Å². The average Bonchev–Trinajstić information content (AvgIpc) is 2.63. The molecular formula is C18H21N3O2. The first-order valence-corrected chi connectivity index (χ1v) is 7.79. The minimum atomic E-state index is -0.686. The van der Waals surface area contributed by atoms with Crippen molar-refractivity contribution in [1.29, 1.82) is 0 Å². The normalized spacial score (nSPS) is 16.0. The monoisotopic (exact) mass is 311 g/mol. The second kappa shape index (κ2) is 7.26. The second-order valence-corrected chi connectivity index (χ2v) is 5.49. The molecule has 5 nitrogen and oxygen atoms in total. The van der Waals surface area contributed by atoms with E-state index in [2.05, 4.69) is 10.2 Å². The van der Waals surface area contributed by atoms with Crippen LogP contribution in [0.15, 0.2) is 54.6 Å². The summed E-state index contributed by atoms with van der Waals surface area (Å²) in [6.07, 6.45) is 0. The molecule has 2 aromatic rings. The van der Waals surface area contributed by atoms with Gasteiger partial charge in [-0.15, -0.1) is 0 Å². The maximum atomic E-state index is 12.5. The Balaban J connectivity index is 1.76. The molecule has 1 heterocycles. The predicted octanol–water partition coefficient (Wildman–Crippen LogP) is 2.16. The molecule has 0 saturated carbocycles. The number of carbonyl (C=O) groups is 1. The summed E-state index contributed by atoms with van der Waals surface area (Å²) in [5.41, 5.74) is 8.66. The average molecular weight is 311 g/mol. The van der Waals surface area contributed by atoms with Crippen molar-refractivity contribution in [3.8, 4) is 0 Å². The van der Waals surface area contributed by atoms with E-state index in [4.69, 9.17) is 10.5 Å². The lowest BCUT2D eigenvalue weighted by Gasteiger charge is -2.30. The van der Waals surface area contributed by atoms with Crippen LogP contribution in [-0.4, -0.2) is 32.2 Å². The van der Waals surface area contributed by atoms with Crippen LogP contribution >= 0.6 is 0 Å². The van der Waals surface area contributed by atoms with Crippen LogP contribution in [-0.2, 0) is 9.53 Å². The molecule has 1 saturated heterocycles. The standard InChI is InChI=1S/C18H21N3O2/c19-17(14-6-2-1-3-7-14)18(22)20-15-8-4-5-9-16(15)21-10-12-23-13-11-21/h1-9,17H,10-13,19H2,(H,20,22)/t17-/m0/s1. The lowest BCUT2D eigenvalue weighted by Crippen LogP contribution is -2.37. The Morgan fingerprint density at radius 3 is 2.43 bits per heavy atom. The van der Waals surface area contributed by atoms with Crippen LogP contribution < -0.4 is 16.0 Å². The number of carbonyl (C=O) groups excluding carboxylic acids is 1.